The molecule has 1 amide bonds. The standard InChI is InChI=1S/C8H8FN3O4S/c9-17(15,16)5-1-8(14)12(3-5)6-2-7(13)11-4-10-6/h2,4-5H,1,3H2,(H,10,11,13). The first-order valence-electron chi connectivity index (χ1n) is 4.66. The van der Waals surface area contributed by atoms with Crippen molar-refractivity contribution in [2.24, 2.45) is 0 Å². The number of halogens is 1. The van der Waals surface area contributed by atoms with Crippen LogP contribution in [0.4, 0.5) is 9.70 Å². The molecule has 0 spiro atoms. The fourth-order valence-electron chi connectivity index (χ4n) is 1.59. The van der Waals surface area contributed by atoms with E-state index in [0.29, 0.717) is 0 Å². The minimum absolute atomic E-state index is 0.0184. The van der Waals surface area contributed by atoms with Crippen molar-refractivity contribution in [1.82, 2.24) is 9.97 Å². The molecule has 92 valence electrons. The molecule has 1 aliphatic heterocycles. The normalized spacial score (nSPS) is 20.9. The number of rotatable bonds is 2. The second-order valence-electron chi connectivity index (χ2n) is 3.58. The van der Waals surface area contributed by atoms with Crippen molar-refractivity contribution in [1.29, 1.82) is 0 Å². The van der Waals surface area contributed by atoms with E-state index in [0.717, 1.165) is 17.3 Å². The Morgan fingerprint density at radius 2 is 2.18 bits per heavy atom. The highest BCUT2D eigenvalue weighted by Crippen LogP contribution is 2.23. The highest BCUT2D eigenvalue weighted by molar-refractivity contribution is 7.87. The summed E-state index contributed by atoms with van der Waals surface area (Å²) in [5.41, 5.74) is -0.477. The van der Waals surface area contributed by atoms with Gasteiger partial charge in [-0.25, -0.2) is 4.98 Å². The Morgan fingerprint density at radius 3 is 2.71 bits per heavy atom. The van der Waals surface area contributed by atoms with E-state index in [-0.39, 0.29) is 12.4 Å². The molecule has 17 heavy (non-hydrogen) atoms. The molecule has 0 saturated carbocycles. The molecule has 9 heteroatoms. The Balaban J connectivity index is 2.31. The first-order chi connectivity index (χ1) is 7.88. The van der Waals surface area contributed by atoms with E-state index in [9.17, 15) is 21.9 Å². The van der Waals surface area contributed by atoms with Crippen LogP contribution in [0.15, 0.2) is 17.2 Å². The summed E-state index contributed by atoms with van der Waals surface area (Å²) in [5.74, 6) is -0.556. The molecule has 1 N–H and O–H groups in total. The molecular formula is C8H8FN3O4S. The molecule has 1 saturated heterocycles. The molecule has 1 unspecified atom stereocenters. The number of nitrogens with one attached hydrogen (secondary N) is 1. The van der Waals surface area contributed by atoms with E-state index < -0.39 is 33.4 Å². The van der Waals surface area contributed by atoms with E-state index >= 15 is 0 Å². The van der Waals surface area contributed by atoms with E-state index in [1.165, 1.54) is 0 Å². The van der Waals surface area contributed by atoms with Gasteiger partial charge in [-0.2, -0.15) is 8.42 Å². The molecule has 1 aromatic rings. The van der Waals surface area contributed by atoms with Gasteiger partial charge in [-0.15, -0.1) is 3.89 Å². The second kappa shape index (κ2) is 3.91. The third-order valence-corrected chi connectivity index (χ3v) is 3.54. The lowest BCUT2D eigenvalue weighted by molar-refractivity contribution is -0.117. The maximum absolute atomic E-state index is 12.7. The van der Waals surface area contributed by atoms with Crippen molar-refractivity contribution in [3.8, 4) is 0 Å². The van der Waals surface area contributed by atoms with Gasteiger partial charge >= 0.3 is 10.2 Å². The summed E-state index contributed by atoms with van der Waals surface area (Å²) < 4.78 is 34.1. The smallest absolute Gasteiger partial charge is 0.307 e. The van der Waals surface area contributed by atoms with Crippen LogP contribution in [0.3, 0.4) is 0 Å². The molecule has 2 rings (SSSR count). The minimum Gasteiger partial charge on any atom is -0.313 e. The SMILES string of the molecule is O=C1CC(S(=O)(=O)F)CN1c1cc(=O)[nH]cn1. The van der Waals surface area contributed by atoms with Crippen molar-refractivity contribution in [3.63, 3.8) is 0 Å². The van der Waals surface area contributed by atoms with Crippen LogP contribution in [0.5, 0.6) is 0 Å². The molecular weight excluding hydrogens is 253 g/mol. The topological polar surface area (TPSA) is 100 Å². The Morgan fingerprint density at radius 1 is 1.47 bits per heavy atom. The lowest BCUT2D eigenvalue weighted by Crippen LogP contribution is -2.28. The van der Waals surface area contributed by atoms with E-state index in [4.69, 9.17) is 0 Å². The number of anilines is 1. The van der Waals surface area contributed by atoms with Crippen molar-refractivity contribution in [2.45, 2.75) is 11.7 Å². The van der Waals surface area contributed by atoms with Crippen LogP contribution in [0.25, 0.3) is 0 Å². The number of aromatic nitrogens is 2. The van der Waals surface area contributed by atoms with Crippen LogP contribution in [0, 0.1) is 0 Å². The van der Waals surface area contributed by atoms with E-state index in [2.05, 4.69) is 9.97 Å². The van der Waals surface area contributed by atoms with Crippen molar-refractivity contribution in [2.75, 3.05) is 11.4 Å². The van der Waals surface area contributed by atoms with Crippen LogP contribution in [-0.2, 0) is 15.0 Å². The van der Waals surface area contributed by atoms with Gasteiger partial charge in [-0.1, -0.05) is 0 Å². The number of hydrogen-bond acceptors (Lipinski definition) is 5. The van der Waals surface area contributed by atoms with Gasteiger partial charge in [0, 0.05) is 19.0 Å². The average molecular weight is 261 g/mol. The average Bonchev–Trinajstić information content (AvgIpc) is 2.60. The van der Waals surface area contributed by atoms with Gasteiger partial charge in [0.05, 0.1) is 6.33 Å². The van der Waals surface area contributed by atoms with Gasteiger partial charge in [0.1, 0.15) is 11.1 Å². The fourth-order valence-corrected chi connectivity index (χ4v) is 2.26. The van der Waals surface area contributed by atoms with E-state index in [1.54, 1.807) is 0 Å². The molecule has 0 bridgehead atoms. The number of carbonyl (C=O) groups is 1. The molecule has 1 aliphatic rings. The molecule has 2 heterocycles. The van der Waals surface area contributed by atoms with Crippen LogP contribution in [0.1, 0.15) is 6.42 Å². The summed E-state index contributed by atoms with van der Waals surface area (Å²) in [5, 5.41) is -1.39. The number of hydrogen-bond donors (Lipinski definition) is 1. The Labute approximate surface area is 95.5 Å². The van der Waals surface area contributed by atoms with Gasteiger partial charge in [0.15, 0.2) is 0 Å². The Hall–Kier alpha value is -1.77. The van der Waals surface area contributed by atoms with Crippen molar-refractivity contribution >= 4 is 21.9 Å². The molecule has 7 nitrogen and oxygen atoms in total. The van der Waals surface area contributed by atoms with Gasteiger partial charge in [-0.05, 0) is 0 Å². The van der Waals surface area contributed by atoms with Crippen LogP contribution in [0.2, 0.25) is 0 Å². The first kappa shape index (κ1) is 11.7. The van der Waals surface area contributed by atoms with Crippen molar-refractivity contribution < 1.29 is 17.1 Å². The Kier molecular flexibility index (Phi) is 2.69. The number of nitrogens with zero attached hydrogens (tertiary/aromatic N) is 2. The minimum atomic E-state index is -4.76. The lowest BCUT2D eigenvalue weighted by Gasteiger charge is -2.13. The third kappa shape index (κ3) is 2.33. The second-order valence-corrected chi connectivity index (χ2v) is 5.19. The third-order valence-electron chi connectivity index (χ3n) is 2.43. The lowest BCUT2D eigenvalue weighted by atomic mass is 10.4. The number of amides is 1. The quantitative estimate of drug-likeness (QED) is 0.701. The molecule has 0 aliphatic carbocycles. The zero-order valence-corrected chi connectivity index (χ0v) is 9.28. The molecule has 1 atom stereocenters. The summed E-state index contributed by atoms with van der Waals surface area (Å²) in [4.78, 5) is 29.5. The summed E-state index contributed by atoms with van der Waals surface area (Å²) in [6.45, 7) is -0.325. The van der Waals surface area contributed by atoms with Gasteiger partial charge in [0.25, 0.3) is 5.56 Å². The number of H-pyrrole nitrogens is 1. The summed E-state index contributed by atoms with van der Waals surface area (Å²) >= 11 is 0. The maximum Gasteiger partial charge on any atom is 0.307 e. The first-order valence-corrected chi connectivity index (χ1v) is 6.11. The largest absolute Gasteiger partial charge is 0.313 e. The van der Waals surface area contributed by atoms with Crippen LogP contribution in [-0.4, -0.2) is 36.1 Å². The van der Waals surface area contributed by atoms with Gasteiger partial charge < -0.3 is 4.98 Å². The molecule has 1 aromatic heterocycles. The van der Waals surface area contributed by atoms with Crippen LogP contribution < -0.4 is 10.5 Å². The maximum atomic E-state index is 12.7. The highest BCUT2D eigenvalue weighted by atomic mass is 32.3. The van der Waals surface area contributed by atoms with Gasteiger partial charge in [-0.3, -0.25) is 14.5 Å². The fraction of sp³-hybridized carbons (Fsp3) is 0.375. The van der Waals surface area contributed by atoms with Crippen molar-refractivity contribution in [3.05, 3.63) is 22.7 Å². The summed E-state index contributed by atoms with van der Waals surface area (Å²) in [7, 11) is -4.76. The zero-order chi connectivity index (χ0) is 12.6. The summed E-state index contributed by atoms with van der Waals surface area (Å²) in [6, 6.07) is 1.05. The van der Waals surface area contributed by atoms with E-state index in [1.807, 2.05) is 0 Å². The number of carbonyl (C=O) groups excluding carboxylic acids is 1. The highest BCUT2D eigenvalue weighted by Gasteiger charge is 2.39. The molecule has 0 aromatic carbocycles. The molecule has 0 radical (unpaired) electrons. The predicted molar refractivity (Wildman–Crippen MR) is 55.6 cm³/mol. The predicted octanol–water partition coefficient (Wildman–Crippen LogP) is -0.826. The number of aromatic amines is 1. The van der Waals surface area contributed by atoms with Crippen LogP contribution >= 0.6 is 0 Å². The monoisotopic (exact) mass is 261 g/mol. The molecule has 1 fully saturated rings. The Bertz CT molecular complexity index is 611. The van der Waals surface area contributed by atoms with Gasteiger partial charge in [0.2, 0.25) is 5.91 Å². The summed E-state index contributed by atoms with van der Waals surface area (Å²) in [6.07, 6.45) is 0.648. The zero-order valence-electron chi connectivity index (χ0n) is 8.46.